The van der Waals surface area contributed by atoms with Crippen LogP contribution in [-0.4, -0.2) is 99.3 Å². The van der Waals surface area contributed by atoms with Crippen molar-refractivity contribution in [1.29, 1.82) is 0 Å². The molecule has 0 bridgehead atoms. The van der Waals surface area contributed by atoms with Gasteiger partial charge in [-0.25, -0.2) is 0 Å². The molecular formula is C8HF18K. The summed E-state index contributed by atoms with van der Waals surface area (Å²) in [5.41, 5.74) is 0. The second kappa shape index (κ2) is 7.26. The molecule has 0 spiro atoms. The molecule has 0 aromatic rings. The Kier molecular flexibility index (Phi) is 7.95. The second-order valence-electron chi connectivity index (χ2n) is 4.44. The molecule has 0 aromatic carbocycles. The van der Waals surface area contributed by atoms with Crippen LogP contribution in [-0.2, 0) is 0 Å². The van der Waals surface area contributed by atoms with Crippen LogP contribution in [0.15, 0.2) is 0 Å². The van der Waals surface area contributed by atoms with Gasteiger partial charge in [0.2, 0.25) is 0 Å². The van der Waals surface area contributed by atoms with Crippen LogP contribution in [0.2, 0.25) is 0 Å². The van der Waals surface area contributed by atoms with Crippen LogP contribution in [0, 0.1) is 0 Å². The Balaban J connectivity index is 0. The van der Waals surface area contributed by atoms with Gasteiger partial charge in [-0.1, -0.05) is 0 Å². The van der Waals surface area contributed by atoms with Crippen molar-refractivity contribution in [3.8, 4) is 0 Å². The predicted octanol–water partition coefficient (Wildman–Crippen LogP) is 5.27. The quantitative estimate of drug-likeness (QED) is 0.373. The summed E-state index contributed by atoms with van der Waals surface area (Å²) in [6.45, 7) is 0. The van der Waals surface area contributed by atoms with Crippen molar-refractivity contribution in [1.82, 2.24) is 0 Å². The van der Waals surface area contributed by atoms with Gasteiger partial charge in [0.25, 0.3) is 0 Å². The van der Waals surface area contributed by atoms with E-state index in [1.807, 2.05) is 0 Å². The summed E-state index contributed by atoms with van der Waals surface area (Å²) in [6, 6.07) is 0. The fraction of sp³-hybridized carbons (Fsp3) is 1.00. The van der Waals surface area contributed by atoms with Crippen molar-refractivity contribution >= 4 is 51.4 Å². The number of rotatable bonds is 5. The molecule has 0 saturated heterocycles. The summed E-state index contributed by atoms with van der Waals surface area (Å²) in [5, 5.41) is 0. The van der Waals surface area contributed by atoms with E-state index in [2.05, 4.69) is 0 Å². The fourth-order valence-electron chi connectivity index (χ4n) is 1.14. The molecular weight excluding hydrogens is 477 g/mol. The van der Waals surface area contributed by atoms with Crippen molar-refractivity contribution in [2.24, 2.45) is 0 Å². The molecule has 0 rings (SSSR count). The summed E-state index contributed by atoms with van der Waals surface area (Å²) in [4.78, 5) is 0. The van der Waals surface area contributed by atoms with Crippen molar-refractivity contribution < 1.29 is 79.0 Å². The Hall–Kier alpha value is 0.376. The standard InChI is InChI=1S/C8F18.K.H/c9-1(10,3(13,14)5(17,18)7(21,22)23)2(11,12)4(15,16)6(19,20)8(24,25)26;;. The van der Waals surface area contributed by atoms with Crippen molar-refractivity contribution in [3.05, 3.63) is 0 Å². The summed E-state index contributed by atoms with van der Waals surface area (Å²) >= 11 is 0. The first-order valence-corrected chi connectivity index (χ1v) is 5.15. The first-order chi connectivity index (χ1) is 10.8. The maximum atomic E-state index is 12.8. The molecule has 0 nitrogen and oxygen atoms in total. The monoisotopic (exact) mass is 478 g/mol. The molecule has 0 heterocycles. The third-order valence-corrected chi connectivity index (χ3v) is 2.68. The Morgan fingerprint density at radius 3 is 0.444 bits per heavy atom. The van der Waals surface area contributed by atoms with Crippen molar-refractivity contribution in [2.45, 2.75) is 47.9 Å². The Bertz CT molecular complexity index is 474. The van der Waals surface area contributed by atoms with Crippen molar-refractivity contribution in [3.63, 3.8) is 0 Å². The summed E-state index contributed by atoms with van der Waals surface area (Å²) in [7, 11) is 0. The van der Waals surface area contributed by atoms with Gasteiger partial charge >= 0.3 is 99.3 Å². The first-order valence-electron chi connectivity index (χ1n) is 5.15. The van der Waals surface area contributed by atoms with E-state index >= 15 is 0 Å². The molecule has 0 amide bonds. The predicted molar refractivity (Wildman–Crippen MR) is 48.9 cm³/mol. The van der Waals surface area contributed by atoms with E-state index < -0.39 is 47.9 Å². The Labute approximate surface area is 177 Å². The van der Waals surface area contributed by atoms with Gasteiger partial charge in [-0.2, -0.15) is 79.0 Å². The minimum absolute atomic E-state index is 0. The van der Waals surface area contributed by atoms with Crippen LogP contribution in [0.5, 0.6) is 0 Å². The molecule has 0 fully saturated rings. The van der Waals surface area contributed by atoms with Gasteiger partial charge in [0.1, 0.15) is 0 Å². The number of hydrogen-bond acceptors (Lipinski definition) is 0. The van der Waals surface area contributed by atoms with Crippen molar-refractivity contribution in [2.75, 3.05) is 0 Å². The third kappa shape index (κ3) is 3.90. The zero-order chi connectivity index (χ0) is 22.0. The molecule has 0 aliphatic heterocycles. The average molecular weight is 478 g/mol. The zero-order valence-electron chi connectivity index (χ0n) is 10.8. The number of alkyl halides is 18. The number of halogens is 18. The van der Waals surface area contributed by atoms with E-state index in [4.69, 9.17) is 0 Å². The molecule has 27 heavy (non-hydrogen) atoms. The second-order valence-corrected chi connectivity index (χ2v) is 4.44. The first kappa shape index (κ1) is 29.6. The van der Waals surface area contributed by atoms with E-state index in [0.29, 0.717) is 0 Å². The van der Waals surface area contributed by atoms with E-state index in [9.17, 15) is 79.0 Å². The van der Waals surface area contributed by atoms with Gasteiger partial charge in [-0.15, -0.1) is 0 Å². The van der Waals surface area contributed by atoms with E-state index in [0.717, 1.165) is 0 Å². The molecule has 0 aliphatic rings. The van der Waals surface area contributed by atoms with Gasteiger partial charge < -0.3 is 0 Å². The summed E-state index contributed by atoms with van der Waals surface area (Å²) in [6.07, 6.45) is -15.6. The van der Waals surface area contributed by atoms with Crippen LogP contribution >= 0.6 is 0 Å². The van der Waals surface area contributed by atoms with Gasteiger partial charge in [0, 0.05) is 0 Å². The van der Waals surface area contributed by atoms with Crippen LogP contribution < -0.4 is 0 Å². The Morgan fingerprint density at radius 1 is 0.222 bits per heavy atom. The molecule has 0 saturated carbocycles. The minimum atomic E-state index is -8.72. The van der Waals surface area contributed by atoms with Crippen LogP contribution in [0.1, 0.15) is 0 Å². The van der Waals surface area contributed by atoms with Crippen LogP contribution in [0.3, 0.4) is 0 Å². The van der Waals surface area contributed by atoms with E-state index in [1.165, 1.54) is 0 Å². The molecule has 0 radical (unpaired) electrons. The van der Waals surface area contributed by atoms with Gasteiger partial charge in [0.15, 0.2) is 0 Å². The van der Waals surface area contributed by atoms with Crippen LogP contribution in [0.25, 0.3) is 0 Å². The van der Waals surface area contributed by atoms with Crippen LogP contribution in [0.4, 0.5) is 79.0 Å². The topological polar surface area (TPSA) is 0 Å². The number of hydrogen-bond donors (Lipinski definition) is 0. The zero-order valence-corrected chi connectivity index (χ0v) is 10.8. The molecule has 0 unspecified atom stereocenters. The normalized spacial score (nSPS) is 16.2. The Morgan fingerprint density at radius 2 is 0.333 bits per heavy atom. The molecule has 160 valence electrons. The third-order valence-electron chi connectivity index (χ3n) is 2.68. The van der Waals surface area contributed by atoms with Gasteiger partial charge in [0.05, 0.1) is 0 Å². The average Bonchev–Trinajstić information content (AvgIpc) is 2.34. The SMILES string of the molecule is FC(F)(F)C(F)(F)C(F)(F)C(F)(F)C(F)(F)C(F)(F)C(F)(F)C(F)(F)F.[KH]. The maximum absolute atomic E-state index is 12.8. The van der Waals surface area contributed by atoms with E-state index in [-0.39, 0.29) is 51.4 Å². The fourth-order valence-corrected chi connectivity index (χ4v) is 1.14. The summed E-state index contributed by atoms with van der Waals surface area (Å²) < 4.78 is 221. The molecule has 19 heteroatoms. The molecule has 0 aliphatic carbocycles. The van der Waals surface area contributed by atoms with Gasteiger partial charge in [-0.3, -0.25) is 0 Å². The van der Waals surface area contributed by atoms with Gasteiger partial charge in [-0.05, 0) is 0 Å². The molecule has 0 atom stereocenters. The van der Waals surface area contributed by atoms with E-state index in [1.54, 1.807) is 0 Å². The molecule has 0 N–H and O–H groups in total. The molecule has 0 aromatic heterocycles. The summed E-state index contributed by atoms with van der Waals surface area (Å²) in [5.74, 6) is -51.0.